The fraction of sp³-hybridized carbons (Fsp3) is 0.714. The van der Waals surface area contributed by atoms with E-state index < -0.39 is 10.0 Å². The van der Waals surface area contributed by atoms with Crippen LogP contribution in [0.3, 0.4) is 0 Å². The highest BCUT2D eigenvalue weighted by molar-refractivity contribution is 7.89. The molecule has 6 heteroatoms. The molecule has 0 saturated carbocycles. The fourth-order valence-electron chi connectivity index (χ4n) is 1.85. The zero-order valence-corrected chi connectivity index (χ0v) is 14.6. The van der Waals surface area contributed by atoms with Gasteiger partial charge in [0.15, 0.2) is 0 Å². The Morgan fingerprint density at radius 2 is 1.95 bits per heavy atom. The molecule has 0 radical (unpaired) electrons. The van der Waals surface area contributed by atoms with Crippen molar-refractivity contribution >= 4 is 21.4 Å². The van der Waals surface area contributed by atoms with E-state index in [-0.39, 0.29) is 0 Å². The number of hydrogen-bond donors (Lipinski definition) is 1. The molecule has 0 fully saturated rings. The van der Waals surface area contributed by atoms with Gasteiger partial charge in [0.25, 0.3) is 0 Å². The van der Waals surface area contributed by atoms with Gasteiger partial charge in [-0.25, -0.2) is 8.42 Å². The van der Waals surface area contributed by atoms with Gasteiger partial charge in [-0.15, -0.1) is 11.3 Å². The minimum Gasteiger partial charge on any atom is -0.310 e. The molecule has 1 N–H and O–H groups in total. The van der Waals surface area contributed by atoms with E-state index in [4.69, 9.17) is 0 Å². The van der Waals surface area contributed by atoms with Crippen LogP contribution in [-0.2, 0) is 16.6 Å². The van der Waals surface area contributed by atoms with Crippen LogP contribution >= 0.6 is 11.3 Å². The molecule has 1 rings (SSSR count). The summed E-state index contributed by atoms with van der Waals surface area (Å²) in [6.07, 6.45) is 0. The number of rotatable bonds is 8. The summed E-state index contributed by atoms with van der Waals surface area (Å²) < 4.78 is 26.7. The summed E-state index contributed by atoms with van der Waals surface area (Å²) in [6.45, 7) is 11.9. The monoisotopic (exact) mass is 318 g/mol. The minimum absolute atomic E-state index is 0.324. The van der Waals surface area contributed by atoms with Gasteiger partial charge >= 0.3 is 0 Å². The molecule has 0 saturated heterocycles. The first-order valence-electron chi connectivity index (χ1n) is 7.08. The maximum atomic E-state index is 12.6. The van der Waals surface area contributed by atoms with Crippen molar-refractivity contribution in [3.8, 4) is 0 Å². The lowest BCUT2D eigenvalue weighted by atomic mass is 10.2. The highest BCUT2D eigenvalue weighted by Gasteiger charge is 2.24. The van der Waals surface area contributed by atoms with E-state index in [0.29, 0.717) is 36.5 Å². The highest BCUT2D eigenvalue weighted by atomic mass is 32.2. The zero-order chi connectivity index (χ0) is 15.3. The topological polar surface area (TPSA) is 49.4 Å². The van der Waals surface area contributed by atoms with Crippen LogP contribution < -0.4 is 5.32 Å². The molecule has 0 amide bonds. The van der Waals surface area contributed by atoms with Crippen LogP contribution in [-0.4, -0.2) is 31.9 Å². The van der Waals surface area contributed by atoms with Crippen LogP contribution in [0.4, 0.5) is 0 Å². The molecule has 0 aliphatic rings. The summed E-state index contributed by atoms with van der Waals surface area (Å²) in [5.41, 5.74) is 0. The second-order valence-electron chi connectivity index (χ2n) is 5.63. The Balaban J connectivity index is 2.86. The molecule has 0 aromatic carbocycles. The maximum Gasteiger partial charge on any atom is 0.243 e. The third kappa shape index (κ3) is 4.84. The molecule has 0 aliphatic carbocycles. The smallest absolute Gasteiger partial charge is 0.243 e. The van der Waals surface area contributed by atoms with Gasteiger partial charge in [0.1, 0.15) is 0 Å². The third-order valence-corrected chi connectivity index (χ3v) is 5.88. The molecule has 1 aromatic heterocycles. The van der Waals surface area contributed by atoms with Gasteiger partial charge in [-0.2, -0.15) is 4.31 Å². The summed E-state index contributed by atoms with van der Waals surface area (Å²) in [7, 11) is -3.35. The van der Waals surface area contributed by atoms with Crippen molar-refractivity contribution in [2.45, 2.75) is 52.1 Å². The van der Waals surface area contributed by atoms with Gasteiger partial charge in [-0.1, -0.05) is 34.6 Å². The average molecular weight is 319 g/mol. The average Bonchev–Trinajstić information content (AvgIpc) is 2.82. The first kappa shape index (κ1) is 17.6. The SMILES string of the molecule is CCN(CC(C)C)S(=O)(=O)c1csc(CNC(C)C)c1. The van der Waals surface area contributed by atoms with Crippen molar-refractivity contribution < 1.29 is 8.42 Å². The number of nitrogens with one attached hydrogen (secondary N) is 1. The minimum atomic E-state index is -3.35. The van der Waals surface area contributed by atoms with Crippen molar-refractivity contribution in [1.82, 2.24) is 9.62 Å². The Morgan fingerprint density at radius 3 is 2.45 bits per heavy atom. The van der Waals surface area contributed by atoms with Gasteiger partial charge in [0.05, 0.1) is 4.90 Å². The quantitative estimate of drug-likeness (QED) is 0.802. The lowest BCUT2D eigenvalue weighted by molar-refractivity contribution is 0.381. The molecule has 20 heavy (non-hydrogen) atoms. The van der Waals surface area contributed by atoms with Crippen molar-refractivity contribution in [3.05, 3.63) is 16.3 Å². The molecule has 116 valence electrons. The molecule has 0 unspecified atom stereocenters. The van der Waals surface area contributed by atoms with Gasteiger partial charge in [0.2, 0.25) is 10.0 Å². The number of hydrogen-bond acceptors (Lipinski definition) is 4. The third-order valence-electron chi connectivity index (χ3n) is 2.87. The summed E-state index contributed by atoms with van der Waals surface area (Å²) >= 11 is 1.50. The van der Waals surface area contributed by atoms with Crippen molar-refractivity contribution in [2.75, 3.05) is 13.1 Å². The number of nitrogens with zero attached hydrogens (tertiary/aromatic N) is 1. The Morgan fingerprint density at radius 1 is 1.30 bits per heavy atom. The van der Waals surface area contributed by atoms with Crippen molar-refractivity contribution in [1.29, 1.82) is 0 Å². The molecule has 0 bridgehead atoms. The van der Waals surface area contributed by atoms with Crippen LogP contribution in [0, 0.1) is 5.92 Å². The lowest BCUT2D eigenvalue weighted by Crippen LogP contribution is -2.33. The molecular weight excluding hydrogens is 292 g/mol. The summed E-state index contributed by atoms with van der Waals surface area (Å²) in [5.74, 6) is 0.324. The van der Waals surface area contributed by atoms with E-state index in [1.165, 1.54) is 11.3 Å². The second-order valence-corrected chi connectivity index (χ2v) is 8.57. The maximum absolute atomic E-state index is 12.6. The van der Waals surface area contributed by atoms with Crippen LogP contribution in [0.1, 0.15) is 39.5 Å². The van der Waals surface area contributed by atoms with E-state index in [1.54, 1.807) is 15.8 Å². The fourth-order valence-corrected chi connectivity index (χ4v) is 4.67. The van der Waals surface area contributed by atoms with E-state index in [1.807, 2.05) is 20.8 Å². The Bertz CT molecular complexity index is 507. The van der Waals surface area contributed by atoms with Gasteiger partial charge in [-0.3, -0.25) is 0 Å². The largest absolute Gasteiger partial charge is 0.310 e. The van der Waals surface area contributed by atoms with E-state index in [2.05, 4.69) is 19.2 Å². The summed E-state index contributed by atoms with van der Waals surface area (Å²) in [6, 6.07) is 2.18. The number of thiophene rings is 1. The van der Waals surface area contributed by atoms with Crippen LogP contribution in [0.25, 0.3) is 0 Å². The molecule has 4 nitrogen and oxygen atoms in total. The van der Waals surface area contributed by atoms with E-state index in [9.17, 15) is 8.42 Å². The van der Waals surface area contributed by atoms with Crippen LogP contribution in [0.15, 0.2) is 16.3 Å². The molecule has 1 aromatic rings. The predicted octanol–water partition coefficient (Wildman–Crippen LogP) is 2.91. The van der Waals surface area contributed by atoms with Gasteiger partial charge in [0, 0.05) is 35.9 Å². The van der Waals surface area contributed by atoms with E-state index >= 15 is 0 Å². The first-order chi connectivity index (χ1) is 9.27. The number of sulfonamides is 1. The predicted molar refractivity (Wildman–Crippen MR) is 85.6 cm³/mol. The van der Waals surface area contributed by atoms with Crippen LogP contribution in [0.5, 0.6) is 0 Å². The summed E-state index contributed by atoms with van der Waals surface area (Å²) in [5, 5.41) is 5.05. The summed E-state index contributed by atoms with van der Waals surface area (Å²) in [4.78, 5) is 1.48. The normalized spacial score (nSPS) is 12.8. The lowest BCUT2D eigenvalue weighted by Gasteiger charge is -2.21. The first-order valence-corrected chi connectivity index (χ1v) is 9.40. The zero-order valence-electron chi connectivity index (χ0n) is 13.0. The van der Waals surface area contributed by atoms with Gasteiger partial charge < -0.3 is 5.32 Å². The molecule has 0 atom stereocenters. The second kappa shape index (κ2) is 7.54. The Labute approximate surface area is 127 Å². The molecular formula is C14H26N2O2S2. The van der Waals surface area contributed by atoms with Crippen molar-refractivity contribution in [3.63, 3.8) is 0 Å². The molecule has 1 heterocycles. The molecule has 0 aliphatic heterocycles. The standard InChI is InChI=1S/C14H26N2O2S2/c1-6-16(9-11(2)3)20(17,18)14-7-13(19-10-14)8-15-12(4)5/h7,10-12,15H,6,8-9H2,1-5H3. The van der Waals surface area contributed by atoms with E-state index in [0.717, 1.165) is 4.88 Å². The van der Waals surface area contributed by atoms with Crippen LogP contribution in [0.2, 0.25) is 0 Å². The molecule has 0 spiro atoms. The van der Waals surface area contributed by atoms with Gasteiger partial charge in [-0.05, 0) is 12.0 Å². The van der Waals surface area contributed by atoms with Crippen molar-refractivity contribution in [2.24, 2.45) is 5.92 Å². The highest BCUT2D eigenvalue weighted by Crippen LogP contribution is 2.23. The Kier molecular flexibility index (Phi) is 6.64. The Hall–Kier alpha value is -0.430.